The first kappa shape index (κ1) is 24.0. The number of hydrogen-bond acceptors (Lipinski definition) is 6. The molecule has 8 nitrogen and oxygen atoms in total. The van der Waals surface area contributed by atoms with E-state index in [9.17, 15) is 21.6 Å². The van der Waals surface area contributed by atoms with Crippen LogP contribution in [0, 0.1) is 12.8 Å². The Labute approximate surface area is 195 Å². The number of aryl methyl sites for hydroxylation is 1. The van der Waals surface area contributed by atoms with E-state index in [0.29, 0.717) is 31.6 Å². The summed E-state index contributed by atoms with van der Waals surface area (Å²) < 4.78 is 59.6. The van der Waals surface area contributed by atoms with Gasteiger partial charge < -0.3 is 4.74 Å². The maximum absolute atomic E-state index is 13.1. The molecule has 10 heteroatoms. The number of sulfonamides is 2. The van der Waals surface area contributed by atoms with Gasteiger partial charge in [-0.1, -0.05) is 29.8 Å². The van der Waals surface area contributed by atoms with Gasteiger partial charge >= 0.3 is 0 Å². The number of piperidine rings is 1. The van der Waals surface area contributed by atoms with Crippen molar-refractivity contribution < 1.29 is 26.4 Å². The third-order valence-electron chi connectivity index (χ3n) is 6.23. The van der Waals surface area contributed by atoms with Crippen LogP contribution in [0.4, 0.5) is 0 Å². The second kappa shape index (κ2) is 9.63. The summed E-state index contributed by atoms with van der Waals surface area (Å²) in [6.07, 6.45) is 0.908. The molecule has 4 rings (SSSR count). The average molecular weight is 493 g/mol. The molecular formula is C23H28N2O6S2. The number of ether oxygens (including phenoxy) is 1. The number of benzene rings is 2. The smallest absolute Gasteiger partial charge is 0.243 e. The van der Waals surface area contributed by atoms with E-state index in [1.807, 2.05) is 31.2 Å². The Bertz CT molecular complexity index is 1190. The number of hydrogen-bond donors (Lipinski definition) is 0. The largest absolute Gasteiger partial charge is 0.379 e. The van der Waals surface area contributed by atoms with Crippen molar-refractivity contribution in [1.82, 2.24) is 8.61 Å². The highest BCUT2D eigenvalue weighted by atomic mass is 32.2. The highest BCUT2D eigenvalue weighted by molar-refractivity contribution is 7.89. The molecule has 2 aromatic carbocycles. The Morgan fingerprint density at radius 1 is 0.758 bits per heavy atom. The first-order valence-corrected chi connectivity index (χ1v) is 13.9. The fourth-order valence-corrected chi connectivity index (χ4v) is 7.06. The zero-order valence-corrected chi connectivity index (χ0v) is 20.1. The first-order valence-electron chi connectivity index (χ1n) is 11.0. The standard InChI is InChI=1S/C23H28N2O6S2/c1-18-2-4-19(5-3-18)23(26)20-10-12-24(13-11-20)32(27,28)21-6-8-22(9-7-21)33(29,30)25-14-16-31-17-15-25/h2-9,20H,10-17H2,1H3. The number of ketones is 1. The number of morpholine rings is 1. The predicted octanol–water partition coefficient (Wildman–Crippen LogP) is 2.30. The van der Waals surface area contributed by atoms with E-state index in [-0.39, 0.29) is 47.7 Å². The van der Waals surface area contributed by atoms with Gasteiger partial charge in [0.15, 0.2) is 5.78 Å². The lowest BCUT2D eigenvalue weighted by Gasteiger charge is -2.30. The van der Waals surface area contributed by atoms with Crippen LogP contribution >= 0.6 is 0 Å². The van der Waals surface area contributed by atoms with Crippen LogP contribution in [0.25, 0.3) is 0 Å². The molecule has 0 spiro atoms. The van der Waals surface area contributed by atoms with Crippen LogP contribution in [0.15, 0.2) is 58.3 Å². The molecule has 0 unspecified atom stereocenters. The minimum absolute atomic E-state index is 0.0460. The van der Waals surface area contributed by atoms with Gasteiger partial charge in [-0.05, 0) is 44.0 Å². The molecule has 33 heavy (non-hydrogen) atoms. The zero-order valence-electron chi connectivity index (χ0n) is 18.5. The number of carbonyl (C=O) groups excluding carboxylic acids is 1. The van der Waals surface area contributed by atoms with Crippen LogP contribution in [0.2, 0.25) is 0 Å². The van der Waals surface area contributed by atoms with Crippen LogP contribution in [-0.4, -0.2) is 70.6 Å². The van der Waals surface area contributed by atoms with E-state index < -0.39 is 20.0 Å². The van der Waals surface area contributed by atoms with E-state index in [2.05, 4.69) is 0 Å². The Morgan fingerprint density at radius 3 is 1.70 bits per heavy atom. The van der Waals surface area contributed by atoms with Crippen molar-refractivity contribution in [2.45, 2.75) is 29.6 Å². The van der Waals surface area contributed by atoms with Gasteiger partial charge in [0, 0.05) is 37.7 Å². The highest BCUT2D eigenvalue weighted by Crippen LogP contribution is 2.27. The molecule has 2 aliphatic heterocycles. The molecule has 2 heterocycles. The van der Waals surface area contributed by atoms with Crippen LogP contribution in [-0.2, 0) is 24.8 Å². The maximum atomic E-state index is 13.1. The summed E-state index contributed by atoms with van der Waals surface area (Å²) in [6, 6.07) is 12.8. The van der Waals surface area contributed by atoms with Crippen LogP contribution in [0.1, 0.15) is 28.8 Å². The van der Waals surface area contributed by atoms with Crippen LogP contribution in [0.5, 0.6) is 0 Å². The van der Waals surface area contributed by atoms with E-state index >= 15 is 0 Å². The summed E-state index contributed by atoms with van der Waals surface area (Å²) in [5.74, 6) is -0.162. The molecule has 178 valence electrons. The highest BCUT2D eigenvalue weighted by Gasteiger charge is 2.33. The molecule has 0 aliphatic carbocycles. The summed E-state index contributed by atoms with van der Waals surface area (Å²) in [5.41, 5.74) is 1.73. The second-order valence-corrected chi connectivity index (χ2v) is 12.3. The van der Waals surface area contributed by atoms with Crippen molar-refractivity contribution in [3.8, 4) is 0 Å². The van der Waals surface area contributed by atoms with Crippen molar-refractivity contribution in [1.29, 1.82) is 0 Å². The number of Topliss-reactive ketones (excluding diaryl/α,β-unsaturated/α-hetero) is 1. The predicted molar refractivity (Wildman–Crippen MR) is 123 cm³/mol. The lowest BCUT2D eigenvalue weighted by molar-refractivity contribution is 0.0730. The van der Waals surface area contributed by atoms with Gasteiger partial charge in [0.25, 0.3) is 0 Å². The van der Waals surface area contributed by atoms with Gasteiger partial charge in [-0.2, -0.15) is 8.61 Å². The minimum Gasteiger partial charge on any atom is -0.379 e. The lowest BCUT2D eigenvalue weighted by atomic mass is 9.89. The van der Waals surface area contributed by atoms with Crippen molar-refractivity contribution in [3.05, 3.63) is 59.7 Å². The SMILES string of the molecule is Cc1ccc(C(=O)C2CCN(S(=O)(=O)c3ccc(S(=O)(=O)N4CCOCC4)cc3)CC2)cc1. The van der Waals surface area contributed by atoms with Crippen LogP contribution in [0.3, 0.4) is 0 Å². The molecule has 0 amide bonds. The summed E-state index contributed by atoms with van der Waals surface area (Å²) in [5, 5.41) is 0. The van der Waals surface area contributed by atoms with E-state index in [1.54, 1.807) is 0 Å². The van der Waals surface area contributed by atoms with Gasteiger partial charge in [0.2, 0.25) is 20.0 Å². The van der Waals surface area contributed by atoms with E-state index in [0.717, 1.165) is 5.56 Å². The van der Waals surface area contributed by atoms with Crippen molar-refractivity contribution >= 4 is 25.8 Å². The Balaban J connectivity index is 1.42. The molecule has 0 aromatic heterocycles. The van der Waals surface area contributed by atoms with Gasteiger partial charge in [-0.3, -0.25) is 4.79 Å². The molecule has 0 saturated carbocycles. The molecule has 2 fully saturated rings. The Hall–Kier alpha value is -2.11. The second-order valence-electron chi connectivity index (χ2n) is 8.40. The summed E-state index contributed by atoms with van der Waals surface area (Å²) in [6.45, 7) is 3.69. The number of nitrogens with zero attached hydrogens (tertiary/aromatic N) is 2. The first-order chi connectivity index (χ1) is 15.7. The molecular weight excluding hydrogens is 464 g/mol. The Kier molecular flexibility index (Phi) is 7.01. The average Bonchev–Trinajstić information content (AvgIpc) is 2.85. The van der Waals surface area contributed by atoms with Crippen molar-refractivity contribution in [2.75, 3.05) is 39.4 Å². The molecule has 2 aliphatic rings. The van der Waals surface area contributed by atoms with Crippen LogP contribution < -0.4 is 0 Å². The van der Waals surface area contributed by atoms with Crippen molar-refractivity contribution in [2.24, 2.45) is 5.92 Å². The maximum Gasteiger partial charge on any atom is 0.243 e. The normalized spacial score (nSPS) is 19.4. The van der Waals surface area contributed by atoms with Gasteiger partial charge in [0.1, 0.15) is 0 Å². The zero-order chi connectivity index (χ0) is 23.6. The summed E-state index contributed by atoms with van der Waals surface area (Å²) >= 11 is 0. The van der Waals surface area contributed by atoms with Gasteiger partial charge in [-0.25, -0.2) is 16.8 Å². The Morgan fingerprint density at radius 2 is 1.21 bits per heavy atom. The summed E-state index contributed by atoms with van der Waals surface area (Å²) in [4.78, 5) is 12.9. The number of rotatable bonds is 6. The molecule has 0 bridgehead atoms. The van der Waals surface area contributed by atoms with E-state index in [4.69, 9.17) is 4.74 Å². The fourth-order valence-electron chi connectivity index (χ4n) is 4.18. The fraction of sp³-hybridized carbons (Fsp3) is 0.435. The minimum atomic E-state index is -3.77. The molecule has 0 N–H and O–H groups in total. The van der Waals surface area contributed by atoms with Crippen molar-refractivity contribution in [3.63, 3.8) is 0 Å². The monoisotopic (exact) mass is 492 g/mol. The number of carbonyl (C=O) groups is 1. The molecule has 0 atom stereocenters. The molecule has 2 saturated heterocycles. The third kappa shape index (κ3) is 5.04. The lowest BCUT2D eigenvalue weighted by Crippen LogP contribution is -2.41. The van der Waals surface area contributed by atoms with E-state index in [1.165, 1.54) is 32.9 Å². The quantitative estimate of drug-likeness (QED) is 0.574. The third-order valence-corrected chi connectivity index (χ3v) is 10.1. The molecule has 0 radical (unpaired) electrons. The van der Waals surface area contributed by atoms with Gasteiger partial charge in [-0.15, -0.1) is 0 Å². The summed E-state index contributed by atoms with van der Waals surface area (Å²) in [7, 11) is -7.46. The molecule has 2 aromatic rings. The topological polar surface area (TPSA) is 101 Å². The van der Waals surface area contributed by atoms with Gasteiger partial charge in [0.05, 0.1) is 23.0 Å².